The molecule has 0 saturated carbocycles. The van der Waals surface area contributed by atoms with Gasteiger partial charge in [-0.2, -0.15) is 10.4 Å². The molecule has 2 heterocycles. The summed E-state index contributed by atoms with van der Waals surface area (Å²) in [6.07, 6.45) is 5.29. The number of likely N-dealkylation sites (tertiary alicyclic amines) is 1. The number of nitrogens with one attached hydrogen (secondary N) is 1. The Morgan fingerprint density at radius 1 is 1.04 bits per heavy atom. The zero-order valence-electron chi connectivity index (χ0n) is 15.8. The minimum Gasteiger partial charge on any atom is -0.363 e. The van der Waals surface area contributed by atoms with Crippen molar-refractivity contribution in [2.45, 2.75) is 52.6 Å². The number of anilines is 1. The van der Waals surface area contributed by atoms with Crippen molar-refractivity contribution < 1.29 is 0 Å². The predicted molar refractivity (Wildman–Crippen MR) is 104 cm³/mol. The Morgan fingerprint density at radius 3 is 2.42 bits per heavy atom. The lowest BCUT2D eigenvalue weighted by Crippen LogP contribution is -2.24. The number of nitrogens with zero attached hydrogens (tertiary/aromatic N) is 4. The molecule has 136 valence electrons. The topological polar surface area (TPSA) is 64.8 Å². The van der Waals surface area contributed by atoms with E-state index in [1.165, 1.54) is 49.9 Å². The van der Waals surface area contributed by atoms with Gasteiger partial charge in [-0.15, -0.1) is 5.10 Å². The molecule has 0 unspecified atom stereocenters. The van der Waals surface area contributed by atoms with Crippen molar-refractivity contribution in [2.75, 3.05) is 18.4 Å². The molecule has 1 aromatic heterocycles. The number of hydrogen-bond acceptors (Lipinski definition) is 5. The number of aromatic nitrogens is 2. The van der Waals surface area contributed by atoms with Gasteiger partial charge in [-0.25, -0.2) is 0 Å². The van der Waals surface area contributed by atoms with Crippen molar-refractivity contribution in [1.82, 2.24) is 15.1 Å². The minimum absolute atomic E-state index is 0.570. The maximum absolute atomic E-state index is 9.45. The predicted octanol–water partition coefficient (Wildman–Crippen LogP) is 3.95. The Labute approximate surface area is 156 Å². The van der Waals surface area contributed by atoms with Crippen LogP contribution in [0.3, 0.4) is 0 Å². The van der Waals surface area contributed by atoms with Crippen LogP contribution in [0.15, 0.2) is 24.3 Å². The molecule has 0 aliphatic carbocycles. The number of nitriles is 1. The van der Waals surface area contributed by atoms with Crippen LogP contribution in [-0.4, -0.2) is 28.2 Å². The third-order valence-corrected chi connectivity index (χ3v) is 5.22. The fourth-order valence-corrected chi connectivity index (χ4v) is 3.47. The minimum atomic E-state index is 0.570. The van der Waals surface area contributed by atoms with Crippen LogP contribution in [0.4, 0.5) is 5.82 Å². The van der Waals surface area contributed by atoms with Crippen molar-refractivity contribution in [3.8, 4) is 6.07 Å². The monoisotopic (exact) mass is 349 g/mol. The van der Waals surface area contributed by atoms with Crippen LogP contribution in [0.5, 0.6) is 0 Å². The molecule has 1 fully saturated rings. The summed E-state index contributed by atoms with van der Waals surface area (Å²) in [7, 11) is 0. The first-order valence-electron chi connectivity index (χ1n) is 9.46. The molecule has 0 radical (unpaired) electrons. The quantitative estimate of drug-likeness (QED) is 0.885. The van der Waals surface area contributed by atoms with E-state index in [9.17, 15) is 5.26 Å². The van der Waals surface area contributed by atoms with Crippen molar-refractivity contribution in [3.05, 3.63) is 52.2 Å². The van der Waals surface area contributed by atoms with Gasteiger partial charge in [0.2, 0.25) is 0 Å². The first-order valence-corrected chi connectivity index (χ1v) is 9.46. The van der Waals surface area contributed by atoms with Gasteiger partial charge in [0.05, 0.1) is 5.69 Å². The van der Waals surface area contributed by atoms with E-state index in [0.29, 0.717) is 17.9 Å². The maximum Gasteiger partial charge on any atom is 0.167 e. The van der Waals surface area contributed by atoms with Gasteiger partial charge in [0, 0.05) is 13.1 Å². The first kappa shape index (κ1) is 18.3. The molecule has 1 N–H and O–H groups in total. The molecule has 0 amide bonds. The molecule has 26 heavy (non-hydrogen) atoms. The van der Waals surface area contributed by atoms with Crippen molar-refractivity contribution >= 4 is 5.82 Å². The van der Waals surface area contributed by atoms with Gasteiger partial charge in [0.1, 0.15) is 11.6 Å². The van der Waals surface area contributed by atoms with E-state index in [1.54, 1.807) is 0 Å². The van der Waals surface area contributed by atoms with Gasteiger partial charge in [-0.1, -0.05) is 37.1 Å². The van der Waals surface area contributed by atoms with Crippen LogP contribution in [0, 0.1) is 25.2 Å². The summed E-state index contributed by atoms with van der Waals surface area (Å²) in [6.45, 7) is 7.80. The summed E-state index contributed by atoms with van der Waals surface area (Å²) < 4.78 is 0. The van der Waals surface area contributed by atoms with Crippen molar-refractivity contribution in [1.29, 1.82) is 5.26 Å². The second-order valence-electron chi connectivity index (χ2n) is 7.06. The highest BCUT2D eigenvalue weighted by Gasteiger charge is 2.13. The molecule has 5 heteroatoms. The molecule has 0 spiro atoms. The smallest absolute Gasteiger partial charge is 0.167 e. The summed E-state index contributed by atoms with van der Waals surface area (Å²) >= 11 is 0. The highest BCUT2D eigenvalue weighted by atomic mass is 15.2. The van der Waals surface area contributed by atoms with E-state index in [2.05, 4.69) is 50.7 Å². The summed E-state index contributed by atoms with van der Waals surface area (Å²) in [4.78, 5) is 2.56. The van der Waals surface area contributed by atoms with Crippen LogP contribution in [-0.2, 0) is 13.1 Å². The lowest BCUT2D eigenvalue weighted by atomic mass is 10.1. The van der Waals surface area contributed by atoms with Gasteiger partial charge >= 0.3 is 0 Å². The van der Waals surface area contributed by atoms with E-state index in [4.69, 9.17) is 0 Å². The molecule has 1 aliphatic heterocycles. The lowest BCUT2D eigenvalue weighted by Gasteiger charge is -2.21. The standard InChI is InChI=1S/C21H27N5/c1-16-17(2)24-25-21(20(16)13-22)23-14-18-9-5-6-10-19(18)15-26-11-7-3-4-8-12-26/h5-6,9-10H,3-4,7-8,11-12,14-15H2,1-2H3,(H,23,25). The number of hydrogen-bond donors (Lipinski definition) is 1. The Hall–Kier alpha value is -2.45. The third-order valence-electron chi connectivity index (χ3n) is 5.22. The van der Waals surface area contributed by atoms with Crippen LogP contribution in [0.2, 0.25) is 0 Å². The number of aryl methyl sites for hydroxylation is 1. The Balaban J connectivity index is 1.73. The van der Waals surface area contributed by atoms with Gasteiger partial charge in [0.25, 0.3) is 0 Å². The van der Waals surface area contributed by atoms with Crippen LogP contribution < -0.4 is 5.32 Å². The molecular formula is C21H27N5. The SMILES string of the molecule is Cc1nnc(NCc2ccccc2CN2CCCCCC2)c(C#N)c1C. The molecular weight excluding hydrogens is 322 g/mol. The summed E-state index contributed by atoms with van der Waals surface area (Å²) in [5.41, 5.74) is 4.87. The Bertz CT molecular complexity index is 785. The van der Waals surface area contributed by atoms with Gasteiger partial charge in [-0.05, 0) is 56.5 Å². The zero-order chi connectivity index (χ0) is 18.4. The summed E-state index contributed by atoms with van der Waals surface area (Å²) in [6, 6.07) is 10.8. The highest BCUT2D eigenvalue weighted by molar-refractivity contribution is 5.56. The largest absolute Gasteiger partial charge is 0.363 e. The molecule has 0 atom stereocenters. The van der Waals surface area contributed by atoms with Crippen molar-refractivity contribution in [2.24, 2.45) is 0 Å². The molecule has 0 bridgehead atoms. The maximum atomic E-state index is 9.45. The van der Waals surface area contributed by atoms with Crippen LogP contribution in [0.1, 0.15) is 53.6 Å². The first-order chi connectivity index (χ1) is 12.7. The number of benzene rings is 1. The van der Waals surface area contributed by atoms with E-state index in [0.717, 1.165) is 17.8 Å². The molecule has 1 saturated heterocycles. The number of rotatable bonds is 5. The second kappa shape index (κ2) is 8.77. The lowest BCUT2D eigenvalue weighted by molar-refractivity contribution is 0.276. The van der Waals surface area contributed by atoms with Gasteiger partial charge in [0.15, 0.2) is 5.82 Å². The molecule has 1 aromatic carbocycles. The third kappa shape index (κ3) is 4.39. The van der Waals surface area contributed by atoms with E-state index < -0.39 is 0 Å². The zero-order valence-corrected chi connectivity index (χ0v) is 15.8. The fraction of sp³-hybridized carbons (Fsp3) is 0.476. The van der Waals surface area contributed by atoms with Crippen molar-refractivity contribution in [3.63, 3.8) is 0 Å². The van der Waals surface area contributed by atoms with Gasteiger partial charge < -0.3 is 5.32 Å². The molecule has 2 aromatic rings. The Kier molecular flexibility index (Phi) is 6.19. The molecule has 1 aliphatic rings. The van der Waals surface area contributed by atoms with Gasteiger partial charge in [-0.3, -0.25) is 4.90 Å². The fourth-order valence-electron chi connectivity index (χ4n) is 3.47. The van der Waals surface area contributed by atoms with E-state index in [1.807, 2.05) is 13.8 Å². The van der Waals surface area contributed by atoms with Crippen LogP contribution >= 0.6 is 0 Å². The van der Waals surface area contributed by atoms with E-state index in [-0.39, 0.29) is 0 Å². The second-order valence-corrected chi connectivity index (χ2v) is 7.06. The normalized spacial score (nSPS) is 15.3. The summed E-state index contributed by atoms with van der Waals surface area (Å²) in [5.74, 6) is 0.570. The van der Waals surface area contributed by atoms with Crippen LogP contribution in [0.25, 0.3) is 0 Å². The van der Waals surface area contributed by atoms with E-state index >= 15 is 0 Å². The summed E-state index contributed by atoms with van der Waals surface area (Å²) in [5, 5.41) is 21.1. The highest BCUT2D eigenvalue weighted by Crippen LogP contribution is 2.20. The average Bonchev–Trinajstić information content (AvgIpc) is 2.92. The molecule has 5 nitrogen and oxygen atoms in total. The molecule has 3 rings (SSSR count). The Morgan fingerprint density at radius 2 is 1.73 bits per heavy atom. The average molecular weight is 349 g/mol.